The van der Waals surface area contributed by atoms with Crippen molar-refractivity contribution in [2.45, 2.75) is 44.9 Å². The molecule has 1 saturated carbocycles. The molecule has 1 nitrogen and oxygen atoms in total. The van der Waals surface area contributed by atoms with Gasteiger partial charge in [-0.3, -0.25) is 0 Å². The van der Waals surface area contributed by atoms with E-state index in [0.717, 1.165) is 11.8 Å². The molecule has 2 aliphatic rings. The minimum atomic E-state index is 1.04. The van der Waals surface area contributed by atoms with Crippen molar-refractivity contribution in [3.63, 3.8) is 0 Å². The molecule has 1 heterocycles. The molecule has 0 aromatic heterocycles. The molecule has 2 atom stereocenters. The van der Waals surface area contributed by atoms with Crippen LogP contribution in [0.2, 0.25) is 0 Å². The molecule has 0 aromatic carbocycles. The molecule has 2 rings (SSSR count). The molecule has 1 heteroatoms. The quantitative estimate of drug-likeness (QED) is 0.555. The molecule has 2 fully saturated rings. The molecule has 0 bridgehead atoms. The Labute approximate surface area is 82.5 Å². The second-order valence-corrected chi connectivity index (χ2v) is 5.09. The van der Waals surface area contributed by atoms with Gasteiger partial charge >= 0.3 is 0 Å². The van der Waals surface area contributed by atoms with Crippen LogP contribution in [0.1, 0.15) is 44.9 Å². The summed E-state index contributed by atoms with van der Waals surface area (Å²) in [5.41, 5.74) is 0. The Morgan fingerprint density at radius 1 is 0.769 bits per heavy atom. The SMILES string of the molecule is CN1CC2CCCCCCCC2C1. The summed E-state index contributed by atoms with van der Waals surface area (Å²) in [6.45, 7) is 2.76. The molecular weight excluding hydrogens is 158 g/mol. The number of hydrogen-bond acceptors (Lipinski definition) is 1. The van der Waals surface area contributed by atoms with Crippen molar-refractivity contribution in [3.8, 4) is 0 Å². The molecule has 2 unspecified atom stereocenters. The molecule has 0 N–H and O–H groups in total. The van der Waals surface area contributed by atoms with Gasteiger partial charge < -0.3 is 4.90 Å². The first-order chi connectivity index (χ1) is 6.36. The van der Waals surface area contributed by atoms with Crippen LogP contribution in [-0.2, 0) is 0 Å². The molecule has 0 radical (unpaired) electrons. The average molecular weight is 181 g/mol. The Morgan fingerprint density at radius 2 is 1.23 bits per heavy atom. The third kappa shape index (κ3) is 2.46. The van der Waals surface area contributed by atoms with E-state index in [4.69, 9.17) is 0 Å². The summed E-state index contributed by atoms with van der Waals surface area (Å²) in [6, 6.07) is 0. The molecule has 1 aliphatic carbocycles. The highest BCUT2D eigenvalue weighted by Crippen LogP contribution is 2.32. The van der Waals surface area contributed by atoms with Crippen molar-refractivity contribution in [2.24, 2.45) is 11.8 Å². The Bertz CT molecular complexity index is 139. The summed E-state index contributed by atoms with van der Waals surface area (Å²) in [5.74, 6) is 2.09. The van der Waals surface area contributed by atoms with Gasteiger partial charge in [-0.1, -0.05) is 32.1 Å². The summed E-state index contributed by atoms with van der Waals surface area (Å²) in [5, 5.41) is 0. The van der Waals surface area contributed by atoms with Crippen LogP contribution in [0.3, 0.4) is 0 Å². The van der Waals surface area contributed by atoms with Crippen molar-refractivity contribution in [1.29, 1.82) is 0 Å². The summed E-state index contributed by atoms with van der Waals surface area (Å²) >= 11 is 0. The van der Waals surface area contributed by atoms with E-state index >= 15 is 0 Å². The highest BCUT2D eigenvalue weighted by Gasteiger charge is 2.29. The molecule has 1 saturated heterocycles. The maximum Gasteiger partial charge on any atom is 0.000985 e. The van der Waals surface area contributed by atoms with Crippen LogP contribution in [0, 0.1) is 11.8 Å². The van der Waals surface area contributed by atoms with Gasteiger partial charge in [0.05, 0.1) is 0 Å². The summed E-state index contributed by atoms with van der Waals surface area (Å²) in [7, 11) is 2.29. The molecule has 13 heavy (non-hydrogen) atoms. The fourth-order valence-electron chi connectivity index (χ4n) is 3.17. The fourth-order valence-corrected chi connectivity index (χ4v) is 3.17. The first-order valence-corrected chi connectivity index (χ1v) is 6.05. The normalized spacial score (nSPS) is 37.6. The molecular formula is C12H23N. The van der Waals surface area contributed by atoms with E-state index in [9.17, 15) is 0 Å². The largest absolute Gasteiger partial charge is 0.306 e. The molecule has 0 spiro atoms. The highest BCUT2D eigenvalue weighted by molar-refractivity contribution is 4.82. The lowest BCUT2D eigenvalue weighted by Gasteiger charge is -2.16. The van der Waals surface area contributed by atoms with Gasteiger partial charge in [-0.05, 0) is 31.7 Å². The second kappa shape index (κ2) is 4.45. The average Bonchev–Trinajstić information content (AvgIpc) is 2.46. The first kappa shape index (κ1) is 9.51. The van der Waals surface area contributed by atoms with Gasteiger partial charge in [0.15, 0.2) is 0 Å². The van der Waals surface area contributed by atoms with E-state index in [1.165, 1.54) is 58.0 Å². The zero-order chi connectivity index (χ0) is 9.10. The minimum Gasteiger partial charge on any atom is -0.306 e. The van der Waals surface area contributed by atoms with E-state index in [-0.39, 0.29) is 0 Å². The summed E-state index contributed by atoms with van der Waals surface area (Å²) < 4.78 is 0. The maximum absolute atomic E-state index is 2.54. The molecule has 0 aromatic rings. The van der Waals surface area contributed by atoms with Gasteiger partial charge in [-0.25, -0.2) is 0 Å². The van der Waals surface area contributed by atoms with Gasteiger partial charge in [-0.2, -0.15) is 0 Å². The van der Waals surface area contributed by atoms with E-state index in [0.29, 0.717) is 0 Å². The number of fused-ring (bicyclic) bond motifs is 1. The molecule has 76 valence electrons. The number of hydrogen-bond donors (Lipinski definition) is 0. The topological polar surface area (TPSA) is 3.24 Å². The van der Waals surface area contributed by atoms with Crippen LogP contribution in [-0.4, -0.2) is 25.0 Å². The van der Waals surface area contributed by atoms with Gasteiger partial charge in [0.25, 0.3) is 0 Å². The number of likely N-dealkylation sites (tertiary alicyclic amines) is 1. The zero-order valence-electron chi connectivity index (χ0n) is 8.97. The second-order valence-electron chi connectivity index (χ2n) is 5.09. The van der Waals surface area contributed by atoms with Crippen molar-refractivity contribution >= 4 is 0 Å². The summed E-state index contributed by atoms with van der Waals surface area (Å²) in [6.07, 6.45) is 10.5. The lowest BCUT2D eigenvalue weighted by atomic mass is 9.89. The lowest BCUT2D eigenvalue weighted by molar-refractivity contribution is 0.366. The minimum absolute atomic E-state index is 1.04. The van der Waals surface area contributed by atoms with Crippen LogP contribution in [0.4, 0.5) is 0 Å². The van der Waals surface area contributed by atoms with Crippen LogP contribution < -0.4 is 0 Å². The Kier molecular flexibility index (Phi) is 3.26. The van der Waals surface area contributed by atoms with Gasteiger partial charge in [0, 0.05) is 13.1 Å². The molecule has 0 amide bonds. The Morgan fingerprint density at radius 3 is 1.77 bits per heavy atom. The smallest absolute Gasteiger partial charge is 0.000985 e. The van der Waals surface area contributed by atoms with E-state index in [1.807, 2.05) is 0 Å². The maximum atomic E-state index is 2.54. The standard InChI is InChI=1S/C12H23N/c1-13-9-11-7-5-3-2-4-6-8-12(11)10-13/h11-12H,2-10H2,1H3. The highest BCUT2D eigenvalue weighted by atomic mass is 15.1. The van der Waals surface area contributed by atoms with Gasteiger partial charge in [0.1, 0.15) is 0 Å². The summed E-state index contributed by atoms with van der Waals surface area (Å²) in [4.78, 5) is 2.54. The first-order valence-electron chi connectivity index (χ1n) is 6.05. The van der Waals surface area contributed by atoms with Crippen LogP contribution >= 0.6 is 0 Å². The zero-order valence-corrected chi connectivity index (χ0v) is 8.97. The Hall–Kier alpha value is -0.0400. The number of rotatable bonds is 0. The van der Waals surface area contributed by atoms with Crippen molar-refractivity contribution in [2.75, 3.05) is 20.1 Å². The predicted octanol–water partition coefficient (Wildman–Crippen LogP) is 2.91. The Balaban J connectivity index is 1.90. The predicted molar refractivity (Wildman–Crippen MR) is 56.8 cm³/mol. The van der Waals surface area contributed by atoms with Crippen molar-refractivity contribution < 1.29 is 0 Å². The van der Waals surface area contributed by atoms with E-state index < -0.39 is 0 Å². The van der Waals surface area contributed by atoms with Gasteiger partial charge in [0.2, 0.25) is 0 Å². The van der Waals surface area contributed by atoms with E-state index in [1.54, 1.807) is 0 Å². The third-order valence-electron chi connectivity index (χ3n) is 3.91. The van der Waals surface area contributed by atoms with Crippen LogP contribution in [0.5, 0.6) is 0 Å². The monoisotopic (exact) mass is 181 g/mol. The van der Waals surface area contributed by atoms with E-state index in [2.05, 4.69) is 11.9 Å². The lowest BCUT2D eigenvalue weighted by Crippen LogP contribution is -2.14. The van der Waals surface area contributed by atoms with Crippen molar-refractivity contribution in [1.82, 2.24) is 4.90 Å². The van der Waals surface area contributed by atoms with Gasteiger partial charge in [-0.15, -0.1) is 0 Å². The molecule has 1 aliphatic heterocycles. The van der Waals surface area contributed by atoms with Crippen LogP contribution in [0.15, 0.2) is 0 Å². The third-order valence-corrected chi connectivity index (χ3v) is 3.91. The fraction of sp³-hybridized carbons (Fsp3) is 1.00. The number of nitrogens with zero attached hydrogens (tertiary/aromatic N) is 1. The van der Waals surface area contributed by atoms with Crippen molar-refractivity contribution in [3.05, 3.63) is 0 Å². The van der Waals surface area contributed by atoms with Crippen LogP contribution in [0.25, 0.3) is 0 Å².